The number of carbonyl (C=O) groups excluding carboxylic acids is 2. The van der Waals surface area contributed by atoms with Crippen LogP contribution in [0.1, 0.15) is 52.4 Å². The smallest absolute Gasteiger partial charge is 0.229 e. The van der Waals surface area contributed by atoms with Gasteiger partial charge in [0, 0.05) is 25.6 Å². The van der Waals surface area contributed by atoms with Gasteiger partial charge in [-0.05, 0) is 57.3 Å². The summed E-state index contributed by atoms with van der Waals surface area (Å²) in [4.78, 5) is 27.1. The van der Waals surface area contributed by atoms with Crippen molar-refractivity contribution in [1.29, 1.82) is 0 Å². The molecule has 5 rings (SSSR count). The first-order valence-corrected chi connectivity index (χ1v) is 9.10. The number of hydrogen-bond acceptors (Lipinski definition) is 3. The summed E-state index contributed by atoms with van der Waals surface area (Å²) in [6, 6.07) is 0. The second-order valence-corrected chi connectivity index (χ2v) is 8.64. The van der Waals surface area contributed by atoms with Crippen LogP contribution in [0.3, 0.4) is 0 Å². The van der Waals surface area contributed by atoms with Gasteiger partial charge in [0.15, 0.2) is 0 Å². The summed E-state index contributed by atoms with van der Waals surface area (Å²) in [6.07, 6.45) is 6.40. The summed E-state index contributed by atoms with van der Waals surface area (Å²) in [5, 5.41) is 3.24. The van der Waals surface area contributed by atoms with E-state index in [1.807, 2.05) is 11.8 Å². The van der Waals surface area contributed by atoms with Gasteiger partial charge in [-0.25, -0.2) is 0 Å². The molecule has 2 amide bonds. The highest BCUT2D eigenvalue weighted by Crippen LogP contribution is 2.62. The van der Waals surface area contributed by atoms with Crippen LogP contribution in [0.2, 0.25) is 0 Å². The summed E-state index contributed by atoms with van der Waals surface area (Å²) in [5.41, 5.74) is -0.354. The van der Waals surface area contributed by atoms with Crippen molar-refractivity contribution in [2.24, 2.45) is 17.3 Å². The Balaban J connectivity index is 1.60. The van der Waals surface area contributed by atoms with E-state index in [0.717, 1.165) is 32.1 Å². The molecule has 0 aromatic carbocycles. The molecule has 4 aliphatic carbocycles. The summed E-state index contributed by atoms with van der Waals surface area (Å²) < 4.78 is 5.60. The molecule has 0 aromatic rings. The third kappa shape index (κ3) is 2.57. The van der Waals surface area contributed by atoms with Gasteiger partial charge in [0.25, 0.3) is 0 Å². The highest BCUT2D eigenvalue weighted by Gasteiger charge is 2.61. The average molecular weight is 320 g/mol. The van der Waals surface area contributed by atoms with Gasteiger partial charge >= 0.3 is 0 Å². The summed E-state index contributed by atoms with van der Waals surface area (Å²) in [6.45, 7) is 5.72. The summed E-state index contributed by atoms with van der Waals surface area (Å²) in [5.74, 6) is 1.59. The van der Waals surface area contributed by atoms with E-state index in [1.54, 1.807) is 6.92 Å². The highest BCUT2D eigenvalue weighted by atomic mass is 16.5. The molecule has 0 spiro atoms. The van der Waals surface area contributed by atoms with E-state index in [-0.39, 0.29) is 23.0 Å². The Labute approximate surface area is 138 Å². The molecule has 4 bridgehead atoms. The van der Waals surface area contributed by atoms with Gasteiger partial charge in [-0.1, -0.05) is 0 Å². The Morgan fingerprint density at radius 2 is 1.87 bits per heavy atom. The van der Waals surface area contributed by atoms with Gasteiger partial charge in [0.1, 0.15) is 0 Å². The lowest BCUT2D eigenvalue weighted by atomic mass is 9.46. The maximum absolute atomic E-state index is 13.4. The Morgan fingerprint density at radius 1 is 1.17 bits per heavy atom. The van der Waals surface area contributed by atoms with Crippen LogP contribution in [-0.2, 0) is 14.3 Å². The molecule has 5 fully saturated rings. The second-order valence-electron chi connectivity index (χ2n) is 8.64. The van der Waals surface area contributed by atoms with E-state index in [2.05, 4.69) is 5.32 Å². The Morgan fingerprint density at radius 3 is 2.48 bits per heavy atom. The predicted molar refractivity (Wildman–Crippen MR) is 85.7 cm³/mol. The van der Waals surface area contributed by atoms with E-state index in [0.29, 0.717) is 37.4 Å². The number of amides is 2. The zero-order chi connectivity index (χ0) is 16.2. The summed E-state index contributed by atoms with van der Waals surface area (Å²) >= 11 is 0. The third-order valence-electron chi connectivity index (χ3n) is 6.48. The van der Waals surface area contributed by atoms with E-state index in [1.165, 1.54) is 6.42 Å². The van der Waals surface area contributed by atoms with Crippen LogP contribution in [-0.4, -0.2) is 48.1 Å². The fraction of sp³-hybridized carbons (Fsp3) is 0.889. The molecular weight excluding hydrogens is 292 g/mol. The molecule has 1 heterocycles. The SMILES string of the molecule is CC(=O)NC12C[C@H]3C[C@@H](C1)CC(C(=O)N1CCO[C@@H](C)C1)(C3)C2. The van der Waals surface area contributed by atoms with Crippen LogP contribution in [0.15, 0.2) is 0 Å². The molecule has 5 nitrogen and oxygen atoms in total. The fourth-order valence-electron chi connectivity index (χ4n) is 6.37. The summed E-state index contributed by atoms with van der Waals surface area (Å²) in [7, 11) is 0. The van der Waals surface area contributed by atoms with Crippen molar-refractivity contribution < 1.29 is 14.3 Å². The van der Waals surface area contributed by atoms with Crippen LogP contribution in [0, 0.1) is 17.3 Å². The van der Waals surface area contributed by atoms with E-state index in [4.69, 9.17) is 4.74 Å². The van der Waals surface area contributed by atoms with Crippen molar-refractivity contribution in [2.45, 2.75) is 64.0 Å². The minimum atomic E-state index is -0.233. The Kier molecular flexibility index (Phi) is 3.49. The highest BCUT2D eigenvalue weighted by molar-refractivity contribution is 5.84. The monoisotopic (exact) mass is 320 g/mol. The largest absolute Gasteiger partial charge is 0.375 e. The van der Waals surface area contributed by atoms with Gasteiger partial charge in [-0.3, -0.25) is 9.59 Å². The quantitative estimate of drug-likeness (QED) is 0.842. The van der Waals surface area contributed by atoms with E-state index < -0.39 is 0 Å². The molecule has 4 saturated carbocycles. The maximum Gasteiger partial charge on any atom is 0.229 e. The Bertz CT molecular complexity index is 518. The molecule has 2 unspecified atom stereocenters. The van der Waals surface area contributed by atoms with Crippen molar-refractivity contribution in [3.63, 3.8) is 0 Å². The lowest BCUT2D eigenvalue weighted by Crippen LogP contribution is -2.66. The first kappa shape index (κ1) is 15.4. The number of morpholine rings is 1. The zero-order valence-electron chi connectivity index (χ0n) is 14.3. The first-order valence-electron chi connectivity index (χ1n) is 9.10. The number of ether oxygens (including phenoxy) is 1. The van der Waals surface area contributed by atoms with Gasteiger partial charge in [-0.2, -0.15) is 0 Å². The molecule has 1 N–H and O–H groups in total. The van der Waals surface area contributed by atoms with Crippen LogP contribution >= 0.6 is 0 Å². The van der Waals surface area contributed by atoms with Gasteiger partial charge in [0.2, 0.25) is 11.8 Å². The minimum absolute atomic E-state index is 0.0505. The number of nitrogens with one attached hydrogen (secondary N) is 1. The molecule has 5 heteroatoms. The topological polar surface area (TPSA) is 58.6 Å². The standard InChI is InChI=1S/C18H28N2O3/c1-12-10-20(3-4-23-12)16(22)17-6-14-5-15(7-17)9-18(8-14,11-17)19-13(2)21/h12,14-15H,3-11H2,1-2H3,(H,19,21)/t12-,14-,15+,17?,18?/m0/s1. The minimum Gasteiger partial charge on any atom is -0.375 e. The van der Waals surface area contributed by atoms with E-state index >= 15 is 0 Å². The normalized spacial score (nSPS) is 45.1. The van der Waals surface area contributed by atoms with Crippen molar-refractivity contribution in [1.82, 2.24) is 10.2 Å². The number of rotatable bonds is 2. The van der Waals surface area contributed by atoms with Crippen molar-refractivity contribution in [3.05, 3.63) is 0 Å². The number of nitrogens with zero attached hydrogens (tertiary/aromatic N) is 1. The maximum atomic E-state index is 13.4. The van der Waals surface area contributed by atoms with Gasteiger partial charge in [-0.15, -0.1) is 0 Å². The third-order valence-corrected chi connectivity index (χ3v) is 6.48. The van der Waals surface area contributed by atoms with Crippen LogP contribution < -0.4 is 5.32 Å². The van der Waals surface area contributed by atoms with Crippen LogP contribution in [0.25, 0.3) is 0 Å². The molecular formula is C18H28N2O3. The van der Waals surface area contributed by atoms with Gasteiger partial charge < -0.3 is 15.0 Å². The lowest BCUT2D eigenvalue weighted by Gasteiger charge is -2.62. The molecule has 1 saturated heterocycles. The molecule has 128 valence electrons. The van der Waals surface area contributed by atoms with Crippen molar-refractivity contribution >= 4 is 11.8 Å². The second kappa shape index (κ2) is 5.20. The van der Waals surface area contributed by atoms with Crippen LogP contribution in [0.4, 0.5) is 0 Å². The predicted octanol–water partition coefficient (Wildman–Crippen LogP) is 1.71. The molecule has 23 heavy (non-hydrogen) atoms. The zero-order valence-corrected chi connectivity index (χ0v) is 14.3. The van der Waals surface area contributed by atoms with E-state index in [9.17, 15) is 9.59 Å². The molecule has 0 aromatic heterocycles. The average Bonchev–Trinajstić information content (AvgIpc) is 2.43. The number of hydrogen-bond donors (Lipinski definition) is 1. The van der Waals surface area contributed by atoms with Crippen molar-refractivity contribution in [3.8, 4) is 0 Å². The molecule has 0 radical (unpaired) electrons. The van der Waals surface area contributed by atoms with Crippen molar-refractivity contribution in [2.75, 3.05) is 19.7 Å². The van der Waals surface area contributed by atoms with Gasteiger partial charge in [0.05, 0.1) is 18.1 Å². The van der Waals surface area contributed by atoms with Crippen LogP contribution in [0.5, 0.6) is 0 Å². The molecule has 5 aliphatic rings. The first-order chi connectivity index (χ1) is 10.9. The molecule has 5 atom stereocenters. The molecule has 1 aliphatic heterocycles. The fourth-order valence-corrected chi connectivity index (χ4v) is 6.37. The lowest BCUT2D eigenvalue weighted by molar-refractivity contribution is -0.168. The number of carbonyl (C=O) groups is 2. The Hall–Kier alpha value is -1.10.